The number of hydrogen-bond acceptors (Lipinski definition) is 4. The molecule has 76 valence electrons. The molecule has 0 amide bonds. The van der Waals surface area contributed by atoms with Crippen molar-refractivity contribution in [3.05, 3.63) is 0 Å². The van der Waals surface area contributed by atoms with Crippen LogP contribution >= 0.6 is 0 Å². The SMILES string of the molecule is NC/C(CCCCCC(=O)O)=N/O. The van der Waals surface area contributed by atoms with E-state index in [-0.39, 0.29) is 13.0 Å². The van der Waals surface area contributed by atoms with Crippen LogP contribution in [-0.2, 0) is 4.79 Å². The molecule has 0 rings (SSSR count). The molecule has 0 aliphatic rings. The van der Waals surface area contributed by atoms with Gasteiger partial charge in [-0.25, -0.2) is 0 Å². The highest BCUT2D eigenvalue weighted by atomic mass is 16.4. The molecule has 0 fully saturated rings. The molecule has 0 aliphatic carbocycles. The van der Waals surface area contributed by atoms with Gasteiger partial charge in [0.05, 0.1) is 5.71 Å². The Hall–Kier alpha value is -1.10. The van der Waals surface area contributed by atoms with Crippen molar-refractivity contribution in [2.75, 3.05) is 6.54 Å². The average molecular weight is 188 g/mol. The Morgan fingerprint density at radius 2 is 1.85 bits per heavy atom. The summed E-state index contributed by atoms with van der Waals surface area (Å²) in [6, 6.07) is 0. The molecule has 13 heavy (non-hydrogen) atoms. The third-order valence-electron chi connectivity index (χ3n) is 1.73. The highest BCUT2D eigenvalue weighted by Crippen LogP contribution is 2.03. The van der Waals surface area contributed by atoms with Crippen molar-refractivity contribution in [1.29, 1.82) is 0 Å². The van der Waals surface area contributed by atoms with Gasteiger partial charge in [-0.05, 0) is 19.3 Å². The smallest absolute Gasteiger partial charge is 0.303 e. The minimum absolute atomic E-state index is 0.203. The predicted octanol–water partition coefficient (Wildman–Crippen LogP) is 0.810. The predicted molar refractivity (Wildman–Crippen MR) is 49.0 cm³/mol. The molecule has 0 aromatic rings. The van der Waals surface area contributed by atoms with Gasteiger partial charge in [-0.2, -0.15) is 0 Å². The van der Waals surface area contributed by atoms with E-state index in [1.807, 2.05) is 0 Å². The Morgan fingerprint density at radius 1 is 1.23 bits per heavy atom. The van der Waals surface area contributed by atoms with Crippen molar-refractivity contribution in [2.24, 2.45) is 10.9 Å². The largest absolute Gasteiger partial charge is 0.481 e. The molecule has 0 heterocycles. The second kappa shape index (κ2) is 7.54. The molecule has 0 aromatic heterocycles. The molecule has 4 N–H and O–H groups in total. The Kier molecular flexibility index (Phi) is 6.91. The van der Waals surface area contributed by atoms with E-state index in [1.54, 1.807) is 0 Å². The van der Waals surface area contributed by atoms with E-state index < -0.39 is 5.97 Å². The molecule has 0 saturated carbocycles. The fraction of sp³-hybridized carbons (Fsp3) is 0.750. The standard InChI is InChI=1S/C8H16N2O3/c9-6-7(10-13)4-2-1-3-5-8(11)12/h13H,1-6,9H2,(H,11,12)/b10-7+. The van der Waals surface area contributed by atoms with E-state index in [0.717, 1.165) is 12.8 Å². The quantitative estimate of drug-likeness (QED) is 0.238. The summed E-state index contributed by atoms with van der Waals surface area (Å²) in [6.45, 7) is 0.259. The van der Waals surface area contributed by atoms with Crippen molar-refractivity contribution >= 4 is 11.7 Å². The van der Waals surface area contributed by atoms with Crippen LogP contribution in [0.25, 0.3) is 0 Å². The van der Waals surface area contributed by atoms with Crippen molar-refractivity contribution in [1.82, 2.24) is 0 Å². The first-order valence-electron chi connectivity index (χ1n) is 4.32. The lowest BCUT2D eigenvalue weighted by Gasteiger charge is -2.00. The number of oxime groups is 1. The van der Waals surface area contributed by atoms with Crippen LogP contribution in [0.1, 0.15) is 32.1 Å². The summed E-state index contributed by atoms with van der Waals surface area (Å²) < 4.78 is 0. The van der Waals surface area contributed by atoms with Crippen LogP contribution in [0, 0.1) is 0 Å². The summed E-state index contributed by atoms with van der Waals surface area (Å²) in [7, 11) is 0. The molecule has 0 saturated heterocycles. The number of carboxylic acids is 1. The minimum Gasteiger partial charge on any atom is -0.481 e. The van der Waals surface area contributed by atoms with Crippen molar-refractivity contribution in [3.63, 3.8) is 0 Å². The zero-order chi connectivity index (χ0) is 10.1. The molecule has 5 nitrogen and oxygen atoms in total. The van der Waals surface area contributed by atoms with Gasteiger partial charge in [-0.1, -0.05) is 11.6 Å². The normalized spacial score (nSPS) is 11.6. The molecule has 5 heteroatoms. The maximum Gasteiger partial charge on any atom is 0.303 e. The Labute approximate surface area is 77.2 Å². The zero-order valence-corrected chi connectivity index (χ0v) is 7.57. The molecule has 0 atom stereocenters. The highest BCUT2D eigenvalue weighted by Gasteiger charge is 1.99. The number of aliphatic carboxylic acids is 1. The van der Waals surface area contributed by atoms with E-state index in [9.17, 15) is 4.79 Å². The monoisotopic (exact) mass is 188 g/mol. The maximum atomic E-state index is 10.1. The topological polar surface area (TPSA) is 95.9 Å². The van der Waals surface area contributed by atoms with Crippen LogP contribution in [0.4, 0.5) is 0 Å². The fourth-order valence-corrected chi connectivity index (χ4v) is 0.975. The van der Waals surface area contributed by atoms with Crippen LogP contribution in [0.5, 0.6) is 0 Å². The summed E-state index contributed by atoms with van der Waals surface area (Å²) in [5, 5.41) is 19.7. The molecule has 0 spiro atoms. The molecule has 0 bridgehead atoms. The number of nitrogens with zero attached hydrogens (tertiary/aromatic N) is 1. The Balaban J connectivity index is 3.30. The van der Waals surface area contributed by atoms with E-state index in [4.69, 9.17) is 16.0 Å². The fourth-order valence-electron chi connectivity index (χ4n) is 0.975. The first-order valence-corrected chi connectivity index (χ1v) is 4.32. The lowest BCUT2D eigenvalue weighted by molar-refractivity contribution is -0.137. The number of nitrogens with two attached hydrogens (primary N) is 1. The van der Waals surface area contributed by atoms with Crippen LogP contribution in [-0.4, -0.2) is 28.5 Å². The molecule has 0 unspecified atom stereocenters. The molecule has 0 aromatic carbocycles. The minimum atomic E-state index is -0.769. The lowest BCUT2D eigenvalue weighted by Crippen LogP contribution is -2.13. The number of hydrogen-bond donors (Lipinski definition) is 3. The van der Waals surface area contributed by atoms with Crippen molar-refractivity contribution < 1.29 is 15.1 Å². The molecule has 0 radical (unpaired) electrons. The number of unbranched alkanes of at least 4 members (excludes halogenated alkanes) is 2. The maximum absolute atomic E-state index is 10.1. The van der Waals surface area contributed by atoms with Crippen LogP contribution in [0.3, 0.4) is 0 Å². The average Bonchev–Trinajstić information content (AvgIpc) is 2.11. The van der Waals surface area contributed by atoms with Gasteiger partial charge in [0, 0.05) is 13.0 Å². The molecular weight excluding hydrogens is 172 g/mol. The Morgan fingerprint density at radius 3 is 2.31 bits per heavy atom. The number of rotatable bonds is 7. The van der Waals surface area contributed by atoms with Gasteiger partial charge in [-0.15, -0.1) is 0 Å². The summed E-state index contributed by atoms with van der Waals surface area (Å²) in [4.78, 5) is 10.1. The van der Waals surface area contributed by atoms with Gasteiger partial charge in [0.25, 0.3) is 0 Å². The Bertz CT molecular complexity index is 180. The lowest BCUT2D eigenvalue weighted by atomic mass is 10.1. The summed E-state index contributed by atoms with van der Waals surface area (Å²) in [5.41, 5.74) is 5.83. The second-order valence-electron chi connectivity index (χ2n) is 2.82. The van der Waals surface area contributed by atoms with Gasteiger partial charge in [0.1, 0.15) is 0 Å². The third kappa shape index (κ3) is 7.27. The van der Waals surface area contributed by atoms with Gasteiger partial charge in [-0.3, -0.25) is 4.79 Å². The molecular formula is C8H16N2O3. The van der Waals surface area contributed by atoms with Gasteiger partial charge < -0.3 is 16.0 Å². The van der Waals surface area contributed by atoms with E-state index >= 15 is 0 Å². The van der Waals surface area contributed by atoms with E-state index in [2.05, 4.69) is 5.16 Å². The third-order valence-corrected chi connectivity index (χ3v) is 1.73. The first kappa shape index (κ1) is 11.9. The van der Waals surface area contributed by atoms with Crippen molar-refractivity contribution in [2.45, 2.75) is 32.1 Å². The number of carboxylic acid groups (broad SMARTS) is 1. The van der Waals surface area contributed by atoms with Crippen molar-refractivity contribution in [3.8, 4) is 0 Å². The van der Waals surface area contributed by atoms with Gasteiger partial charge in [0.2, 0.25) is 0 Å². The number of carbonyl (C=O) groups is 1. The second-order valence-corrected chi connectivity index (χ2v) is 2.82. The highest BCUT2D eigenvalue weighted by molar-refractivity contribution is 5.85. The van der Waals surface area contributed by atoms with E-state index in [1.165, 1.54) is 0 Å². The summed E-state index contributed by atoms with van der Waals surface area (Å²) in [5.74, 6) is -0.769. The van der Waals surface area contributed by atoms with Gasteiger partial charge in [0.15, 0.2) is 0 Å². The van der Waals surface area contributed by atoms with Crippen LogP contribution < -0.4 is 5.73 Å². The summed E-state index contributed by atoms with van der Waals surface area (Å²) in [6.07, 6.45) is 3.16. The zero-order valence-electron chi connectivity index (χ0n) is 7.57. The summed E-state index contributed by atoms with van der Waals surface area (Å²) >= 11 is 0. The van der Waals surface area contributed by atoms with Crippen LogP contribution in [0.2, 0.25) is 0 Å². The van der Waals surface area contributed by atoms with Crippen LogP contribution in [0.15, 0.2) is 5.16 Å². The molecule has 0 aliphatic heterocycles. The first-order chi connectivity index (χ1) is 6.20. The van der Waals surface area contributed by atoms with E-state index in [0.29, 0.717) is 18.6 Å². The van der Waals surface area contributed by atoms with Gasteiger partial charge >= 0.3 is 5.97 Å².